The van der Waals surface area contributed by atoms with E-state index < -0.39 is 0 Å². The predicted octanol–water partition coefficient (Wildman–Crippen LogP) is 2.72. The standard InChI is InChI=1S/C10H21N/c1-4-9(2)5-6-10(3)7-8-11/h9H,3-8,11H2,1-2H3/t9-/m1/s1. The van der Waals surface area contributed by atoms with E-state index in [1.165, 1.54) is 18.4 Å². The molecule has 0 amide bonds. The van der Waals surface area contributed by atoms with Gasteiger partial charge in [0.2, 0.25) is 0 Å². The number of nitrogens with two attached hydrogens (primary N) is 1. The van der Waals surface area contributed by atoms with Crippen LogP contribution in [-0.2, 0) is 0 Å². The van der Waals surface area contributed by atoms with Crippen molar-refractivity contribution in [1.29, 1.82) is 0 Å². The zero-order valence-electron chi connectivity index (χ0n) is 7.90. The summed E-state index contributed by atoms with van der Waals surface area (Å²) in [5, 5.41) is 0. The third-order valence-electron chi connectivity index (χ3n) is 2.19. The van der Waals surface area contributed by atoms with Crippen LogP contribution in [0.4, 0.5) is 0 Å². The fourth-order valence-corrected chi connectivity index (χ4v) is 0.984. The Morgan fingerprint density at radius 2 is 2.09 bits per heavy atom. The molecule has 0 aromatic heterocycles. The van der Waals surface area contributed by atoms with Crippen molar-refractivity contribution in [2.45, 2.75) is 39.5 Å². The Morgan fingerprint density at radius 3 is 2.55 bits per heavy atom. The highest BCUT2D eigenvalue weighted by molar-refractivity contribution is 4.94. The van der Waals surface area contributed by atoms with Crippen LogP contribution >= 0.6 is 0 Å². The van der Waals surface area contributed by atoms with Gasteiger partial charge < -0.3 is 5.73 Å². The van der Waals surface area contributed by atoms with Crippen LogP contribution in [0, 0.1) is 5.92 Å². The van der Waals surface area contributed by atoms with E-state index in [4.69, 9.17) is 5.73 Å². The lowest BCUT2D eigenvalue weighted by Gasteiger charge is -2.08. The second-order valence-electron chi connectivity index (χ2n) is 3.34. The van der Waals surface area contributed by atoms with Crippen LogP contribution in [0.25, 0.3) is 0 Å². The Bertz CT molecular complexity index is 107. The molecule has 0 rings (SSSR count). The maximum absolute atomic E-state index is 5.41. The maximum Gasteiger partial charge on any atom is -0.00400 e. The first kappa shape index (κ1) is 10.7. The minimum atomic E-state index is 0.749. The molecule has 1 atom stereocenters. The monoisotopic (exact) mass is 155 g/mol. The largest absolute Gasteiger partial charge is 0.330 e. The molecule has 0 heterocycles. The molecule has 11 heavy (non-hydrogen) atoms. The van der Waals surface area contributed by atoms with Crippen molar-refractivity contribution in [2.75, 3.05) is 6.54 Å². The van der Waals surface area contributed by atoms with Gasteiger partial charge >= 0.3 is 0 Å². The molecule has 0 fully saturated rings. The van der Waals surface area contributed by atoms with Gasteiger partial charge in [-0.2, -0.15) is 0 Å². The second-order valence-corrected chi connectivity index (χ2v) is 3.34. The summed E-state index contributed by atoms with van der Waals surface area (Å²) in [6.45, 7) is 9.24. The smallest absolute Gasteiger partial charge is 0.00400 e. The minimum Gasteiger partial charge on any atom is -0.330 e. The van der Waals surface area contributed by atoms with Crippen LogP contribution in [0.2, 0.25) is 0 Å². The summed E-state index contributed by atoms with van der Waals surface area (Å²) < 4.78 is 0. The summed E-state index contributed by atoms with van der Waals surface area (Å²) in [6, 6.07) is 0. The summed E-state index contributed by atoms with van der Waals surface area (Å²) in [6.07, 6.45) is 4.70. The van der Waals surface area contributed by atoms with Gasteiger partial charge in [0, 0.05) is 0 Å². The van der Waals surface area contributed by atoms with Gasteiger partial charge in [-0.15, -0.1) is 0 Å². The molecule has 66 valence electrons. The summed E-state index contributed by atoms with van der Waals surface area (Å²) in [4.78, 5) is 0. The summed E-state index contributed by atoms with van der Waals surface area (Å²) in [5.74, 6) is 0.838. The fourth-order valence-electron chi connectivity index (χ4n) is 0.984. The summed E-state index contributed by atoms with van der Waals surface area (Å²) >= 11 is 0. The Hall–Kier alpha value is -0.300. The Balaban J connectivity index is 3.30. The van der Waals surface area contributed by atoms with E-state index in [2.05, 4.69) is 20.4 Å². The van der Waals surface area contributed by atoms with E-state index in [0.717, 1.165) is 25.3 Å². The quantitative estimate of drug-likeness (QED) is 0.586. The molecule has 1 heteroatoms. The summed E-state index contributed by atoms with van der Waals surface area (Å²) in [5.41, 5.74) is 6.72. The van der Waals surface area contributed by atoms with Gasteiger partial charge in [-0.1, -0.05) is 32.4 Å². The SMILES string of the molecule is C=C(CCN)CC[C@H](C)CC. The average Bonchev–Trinajstić information content (AvgIpc) is 2.01. The first-order valence-corrected chi connectivity index (χ1v) is 4.57. The molecule has 0 unspecified atom stereocenters. The number of hydrogen-bond acceptors (Lipinski definition) is 1. The van der Waals surface area contributed by atoms with E-state index >= 15 is 0 Å². The van der Waals surface area contributed by atoms with Crippen molar-refractivity contribution in [3.63, 3.8) is 0 Å². The van der Waals surface area contributed by atoms with E-state index in [9.17, 15) is 0 Å². The molecule has 2 N–H and O–H groups in total. The van der Waals surface area contributed by atoms with Crippen LogP contribution < -0.4 is 5.73 Å². The molecule has 1 nitrogen and oxygen atoms in total. The molecular formula is C10H21N. The van der Waals surface area contributed by atoms with Gasteiger partial charge in [-0.3, -0.25) is 0 Å². The molecule has 0 spiro atoms. The molecule has 0 aromatic rings. The normalized spacial score (nSPS) is 13.0. The van der Waals surface area contributed by atoms with Crippen molar-refractivity contribution in [1.82, 2.24) is 0 Å². The van der Waals surface area contributed by atoms with Gasteiger partial charge in [0.15, 0.2) is 0 Å². The molecule has 0 saturated carbocycles. The molecule has 0 bridgehead atoms. The minimum absolute atomic E-state index is 0.749. The zero-order valence-corrected chi connectivity index (χ0v) is 7.90. The third kappa shape index (κ3) is 6.11. The van der Waals surface area contributed by atoms with Crippen molar-refractivity contribution in [2.24, 2.45) is 11.7 Å². The zero-order chi connectivity index (χ0) is 8.69. The van der Waals surface area contributed by atoms with Crippen molar-refractivity contribution < 1.29 is 0 Å². The van der Waals surface area contributed by atoms with E-state index in [1.807, 2.05) is 0 Å². The van der Waals surface area contributed by atoms with Crippen LogP contribution in [0.3, 0.4) is 0 Å². The fraction of sp³-hybridized carbons (Fsp3) is 0.800. The molecule has 0 aliphatic rings. The summed E-state index contributed by atoms with van der Waals surface area (Å²) in [7, 11) is 0. The van der Waals surface area contributed by atoms with E-state index in [1.54, 1.807) is 0 Å². The Kier molecular flexibility index (Phi) is 6.24. The molecule has 0 saturated heterocycles. The number of rotatable bonds is 6. The van der Waals surface area contributed by atoms with Crippen LogP contribution in [0.15, 0.2) is 12.2 Å². The van der Waals surface area contributed by atoms with Gasteiger partial charge in [0.05, 0.1) is 0 Å². The lowest BCUT2D eigenvalue weighted by Crippen LogP contribution is -2.01. The van der Waals surface area contributed by atoms with Crippen LogP contribution in [0.5, 0.6) is 0 Å². The molecule has 0 aliphatic carbocycles. The van der Waals surface area contributed by atoms with Crippen molar-refractivity contribution in [3.8, 4) is 0 Å². The maximum atomic E-state index is 5.41. The first-order valence-electron chi connectivity index (χ1n) is 4.57. The molecular weight excluding hydrogens is 134 g/mol. The first-order chi connectivity index (χ1) is 5.20. The van der Waals surface area contributed by atoms with Crippen LogP contribution in [-0.4, -0.2) is 6.54 Å². The van der Waals surface area contributed by atoms with Crippen LogP contribution in [0.1, 0.15) is 39.5 Å². The van der Waals surface area contributed by atoms with E-state index in [0.29, 0.717) is 0 Å². The van der Waals surface area contributed by atoms with Crippen molar-refractivity contribution >= 4 is 0 Å². The Morgan fingerprint density at radius 1 is 1.45 bits per heavy atom. The molecule has 0 aliphatic heterocycles. The predicted molar refractivity (Wildman–Crippen MR) is 51.5 cm³/mol. The van der Waals surface area contributed by atoms with Gasteiger partial charge in [0.1, 0.15) is 0 Å². The third-order valence-corrected chi connectivity index (χ3v) is 2.19. The van der Waals surface area contributed by atoms with Gasteiger partial charge in [-0.05, 0) is 31.7 Å². The average molecular weight is 155 g/mol. The highest BCUT2D eigenvalue weighted by Crippen LogP contribution is 2.14. The highest BCUT2D eigenvalue weighted by atomic mass is 14.5. The number of hydrogen-bond donors (Lipinski definition) is 1. The Labute approximate surface area is 70.7 Å². The van der Waals surface area contributed by atoms with Crippen molar-refractivity contribution in [3.05, 3.63) is 12.2 Å². The van der Waals surface area contributed by atoms with Gasteiger partial charge in [-0.25, -0.2) is 0 Å². The topological polar surface area (TPSA) is 26.0 Å². The second kappa shape index (κ2) is 6.41. The lowest BCUT2D eigenvalue weighted by molar-refractivity contribution is 0.512. The molecule has 0 aromatic carbocycles. The van der Waals surface area contributed by atoms with E-state index in [-0.39, 0.29) is 0 Å². The lowest BCUT2D eigenvalue weighted by atomic mass is 9.98. The molecule has 0 radical (unpaired) electrons. The van der Waals surface area contributed by atoms with Gasteiger partial charge in [0.25, 0.3) is 0 Å². The highest BCUT2D eigenvalue weighted by Gasteiger charge is 1.99.